The Balaban J connectivity index is 1.35. The summed E-state index contributed by atoms with van der Waals surface area (Å²) in [6, 6.07) is 34.5. The lowest BCUT2D eigenvalue weighted by Gasteiger charge is -2.28. The number of nitrogens with two attached hydrogens (primary N) is 1. The van der Waals surface area contributed by atoms with Crippen molar-refractivity contribution in [2.45, 2.75) is 50.5 Å². The van der Waals surface area contributed by atoms with Crippen molar-refractivity contribution >= 4 is 36.2 Å². The number of carbonyl (C=O) groups is 3. The van der Waals surface area contributed by atoms with Crippen LogP contribution in [-0.2, 0) is 44.8 Å². The van der Waals surface area contributed by atoms with E-state index in [-0.39, 0.29) is 25.9 Å². The lowest BCUT2D eigenvalue weighted by molar-refractivity contribution is -0.129. The third-order valence-corrected chi connectivity index (χ3v) is 11.0. The van der Waals surface area contributed by atoms with E-state index < -0.39 is 49.2 Å². The standard InChI is InChI=1S/C39H43N4O6P/c40-37(44)35(24-32-25-41-34-22-11-10-21-33(32)34)42-38(45)31(20-12-19-28-13-4-1-5-14-28)27-50(47,48)36(23-29-15-6-2-7-16-29)43-39(46)49-26-30-17-8-3-9-18-30/h1-11,13-18,21-22,25,31,35-36,41H,12,19-20,23-24,26-27H2,(H2,40,44)(H,42,45)(H,43,46)(H,47,48)/t31?,35-,36?/m0/s1. The van der Waals surface area contributed by atoms with Gasteiger partial charge < -0.3 is 31.0 Å². The second-order valence-corrected chi connectivity index (χ2v) is 15.0. The molecule has 5 aromatic rings. The van der Waals surface area contributed by atoms with E-state index in [0.717, 1.165) is 33.2 Å². The Hall–Kier alpha value is -5.18. The van der Waals surface area contributed by atoms with Crippen molar-refractivity contribution in [1.29, 1.82) is 0 Å². The number of fused-ring (bicyclic) bond motifs is 1. The molecule has 50 heavy (non-hydrogen) atoms. The molecule has 0 saturated carbocycles. The number of ether oxygens (including phenoxy) is 1. The van der Waals surface area contributed by atoms with Crippen molar-refractivity contribution in [1.82, 2.24) is 15.6 Å². The fraction of sp³-hybridized carbons (Fsp3) is 0.256. The summed E-state index contributed by atoms with van der Waals surface area (Å²) in [7, 11) is -4.29. The van der Waals surface area contributed by atoms with Crippen LogP contribution >= 0.6 is 7.37 Å². The van der Waals surface area contributed by atoms with Crippen LogP contribution in [0.1, 0.15) is 35.1 Å². The Labute approximate surface area is 291 Å². The highest BCUT2D eigenvalue weighted by molar-refractivity contribution is 7.58. The van der Waals surface area contributed by atoms with E-state index in [1.54, 1.807) is 30.5 Å². The van der Waals surface area contributed by atoms with E-state index in [4.69, 9.17) is 10.5 Å². The van der Waals surface area contributed by atoms with Crippen molar-refractivity contribution in [3.05, 3.63) is 144 Å². The largest absolute Gasteiger partial charge is 0.445 e. The molecule has 5 rings (SSSR count). The van der Waals surface area contributed by atoms with Gasteiger partial charge in [-0.2, -0.15) is 0 Å². The molecule has 0 bridgehead atoms. The minimum atomic E-state index is -4.29. The highest BCUT2D eigenvalue weighted by Crippen LogP contribution is 2.49. The molecule has 0 aliphatic carbocycles. The number of rotatable bonds is 17. The number of primary amides is 1. The first kappa shape index (κ1) is 36.1. The maximum atomic E-state index is 14.3. The predicted octanol–water partition coefficient (Wildman–Crippen LogP) is 6.09. The van der Waals surface area contributed by atoms with E-state index in [2.05, 4.69) is 15.6 Å². The lowest BCUT2D eigenvalue weighted by Crippen LogP contribution is -2.48. The Kier molecular flexibility index (Phi) is 12.6. The van der Waals surface area contributed by atoms with Gasteiger partial charge >= 0.3 is 6.09 Å². The number of carbonyl (C=O) groups excluding carboxylic acids is 3. The fourth-order valence-corrected chi connectivity index (χ4v) is 8.05. The highest BCUT2D eigenvalue weighted by atomic mass is 31.2. The Morgan fingerprint density at radius 1 is 0.780 bits per heavy atom. The van der Waals surface area contributed by atoms with Gasteiger partial charge in [-0.25, -0.2) is 4.79 Å². The number of aromatic nitrogens is 1. The highest BCUT2D eigenvalue weighted by Gasteiger charge is 2.38. The van der Waals surface area contributed by atoms with Gasteiger partial charge in [0.1, 0.15) is 18.4 Å². The Morgan fingerprint density at radius 3 is 2.04 bits per heavy atom. The van der Waals surface area contributed by atoms with Crippen LogP contribution in [0.4, 0.5) is 4.79 Å². The summed E-state index contributed by atoms with van der Waals surface area (Å²) in [5.41, 5.74) is 10.0. The smallest absolute Gasteiger partial charge is 0.408 e. The first-order valence-corrected chi connectivity index (χ1v) is 18.6. The molecule has 10 nitrogen and oxygen atoms in total. The number of alkyl carbamates (subject to hydrolysis) is 1. The lowest BCUT2D eigenvalue weighted by atomic mass is 9.98. The summed E-state index contributed by atoms with van der Waals surface area (Å²) in [6.07, 6.45) is 2.14. The number of para-hydroxylation sites is 1. The van der Waals surface area contributed by atoms with Crippen LogP contribution in [-0.4, -0.2) is 45.8 Å². The number of nitrogens with one attached hydrogen (secondary N) is 3. The van der Waals surface area contributed by atoms with Gasteiger partial charge in [-0.05, 0) is 47.6 Å². The van der Waals surface area contributed by atoms with Gasteiger partial charge in [-0.1, -0.05) is 109 Å². The molecule has 1 heterocycles. The summed E-state index contributed by atoms with van der Waals surface area (Å²) in [5, 5.41) is 6.32. The number of aryl methyl sites for hydroxylation is 1. The number of aromatic amines is 1. The molecule has 0 spiro atoms. The zero-order chi connectivity index (χ0) is 35.3. The predicted molar refractivity (Wildman–Crippen MR) is 194 cm³/mol. The molecule has 11 heteroatoms. The van der Waals surface area contributed by atoms with Crippen molar-refractivity contribution in [3.8, 4) is 0 Å². The average molecular weight is 695 g/mol. The molecule has 3 unspecified atom stereocenters. The summed E-state index contributed by atoms with van der Waals surface area (Å²) in [4.78, 5) is 54.4. The Morgan fingerprint density at radius 2 is 1.38 bits per heavy atom. The topological polar surface area (TPSA) is 164 Å². The molecule has 6 N–H and O–H groups in total. The van der Waals surface area contributed by atoms with Gasteiger partial charge in [0, 0.05) is 42.0 Å². The van der Waals surface area contributed by atoms with Crippen molar-refractivity contribution in [3.63, 3.8) is 0 Å². The summed E-state index contributed by atoms with van der Waals surface area (Å²) in [6.45, 7) is -0.0179. The van der Waals surface area contributed by atoms with Crippen LogP contribution in [0.15, 0.2) is 121 Å². The minimum absolute atomic E-state index is 0.0179. The number of hydrogen-bond donors (Lipinski definition) is 5. The van der Waals surface area contributed by atoms with Gasteiger partial charge in [0.05, 0.1) is 0 Å². The van der Waals surface area contributed by atoms with Gasteiger partial charge in [0.2, 0.25) is 19.2 Å². The molecular formula is C39H43N4O6P. The van der Waals surface area contributed by atoms with E-state index in [0.29, 0.717) is 12.8 Å². The zero-order valence-corrected chi connectivity index (χ0v) is 28.6. The normalized spacial score (nSPS) is 14.2. The quantitative estimate of drug-likeness (QED) is 0.0741. The molecule has 4 atom stereocenters. The molecule has 0 saturated heterocycles. The van der Waals surface area contributed by atoms with Crippen LogP contribution in [0, 0.1) is 5.92 Å². The molecule has 0 radical (unpaired) electrons. The molecule has 0 fully saturated rings. The van der Waals surface area contributed by atoms with Gasteiger partial charge in [0.25, 0.3) is 0 Å². The van der Waals surface area contributed by atoms with Gasteiger partial charge in [-0.3, -0.25) is 14.2 Å². The van der Waals surface area contributed by atoms with Crippen molar-refractivity contribution in [2.24, 2.45) is 11.7 Å². The summed E-state index contributed by atoms with van der Waals surface area (Å²) < 4.78 is 19.7. The van der Waals surface area contributed by atoms with Gasteiger partial charge in [-0.15, -0.1) is 0 Å². The number of benzene rings is 4. The molecule has 3 amide bonds. The van der Waals surface area contributed by atoms with Crippen LogP contribution in [0.2, 0.25) is 0 Å². The van der Waals surface area contributed by atoms with Crippen molar-refractivity contribution in [2.75, 3.05) is 6.16 Å². The summed E-state index contributed by atoms with van der Waals surface area (Å²) in [5.74, 6) is -3.47. The number of H-pyrrole nitrogens is 1. The maximum absolute atomic E-state index is 14.3. The second-order valence-electron chi connectivity index (χ2n) is 12.5. The number of hydrogen-bond acceptors (Lipinski definition) is 5. The van der Waals surface area contributed by atoms with Gasteiger partial charge in [0.15, 0.2) is 0 Å². The van der Waals surface area contributed by atoms with E-state index >= 15 is 0 Å². The molecular weight excluding hydrogens is 651 g/mol. The SMILES string of the molecule is NC(=O)[C@H](Cc1c[nH]c2ccccc12)NC(=O)C(CCCc1ccccc1)CP(=O)(O)C(Cc1ccccc1)NC(=O)OCc1ccccc1. The Bertz CT molecular complexity index is 1900. The van der Waals surface area contributed by atoms with Crippen molar-refractivity contribution < 1.29 is 28.6 Å². The van der Waals surface area contributed by atoms with Crippen LogP contribution in [0.25, 0.3) is 10.9 Å². The molecule has 1 aromatic heterocycles. The maximum Gasteiger partial charge on any atom is 0.408 e. The average Bonchev–Trinajstić information content (AvgIpc) is 3.53. The van der Waals surface area contributed by atoms with E-state index in [1.807, 2.05) is 91.0 Å². The molecule has 0 aliphatic heterocycles. The molecule has 4 aromatic carbocycles. The van der Waals surface area contributed by atoms with Crippen LogP contribution in [0.3, 0.4) is 0 Å². The molecule has 260 valence electrons. The third-order valence-electron chi connectivity index (χ3n) is 8.73. The van der Waals surface area contributed by atoms with Crippen LogP contribution < -0.4 is 16.4 Å². The first-order chi connectivity index (χ1) is 24.2. The summed E-state index contributed by atoms with van der Waals surface area (Å²) >= 11 is 0. The monoisotopic (exact) mass is 694 g/mol. The minimum Gasteiger partial charge on any atom is -0.445 e. The zero-order valence-electron chi connectivity index (χ0n) is 27.7. The van der Waals surface area contributed by atoms with E-state index in [9.17, 15) is 23.8 Å². The van der Waals surface area contributed by atoms with E-state index in [1.165, 1.54) is 0 Å². The third kappa shape index (κ3) is 10.4. The second kappa shape index (κ2) is 17.5. The molecule has 0 aliphatic rings. The fourth-order valence-electron chi connectivity index (χ4n) is 6.01. The number of amides is 3. The first-order valence-electron chi connectivity index (χ1n) is 16.7. The van der Waals surface area contributed by atoms with Crippen LogP contribution in [0.5, 0.6) is 0 Å².